The van der Waals surface area contributed by atoms with Crippen molar-refractivity contribution in [2.24, 2.45) is 5.92 Å². The minimum atomic E-state index is -0.196. The molecule has 88 valence electrons. The van der Waals surface area contributed by atoms with Crippen LogP contribution in [0.1, 0.15) is 37.7 Å². The van der Waals surface area contributed by atoms with Crippen molar-refractivity contribution >= 4 is 11.6 Å². The molecule has 16 heavy (non-hydrogen) atoms. The Morgan fingerprint density at radius 3 is 2.69 bits per heavy atom. The van der Waals surface area contributed by atoms with Crippen LogP contribution in [-0.4, -0.2) is 11.2 Å². The van der Waals surface area contributed by atoms with Gasteiger partial charge < -0.3 is 5.11 Å². The van der Waals surface area contributed by atoms with Gasteiger partial charge >= 0.3 is 0 Å². The highest BCUT2D eigenvalue weighted by molar-refractivity contribution is 6.30. The summed E-state index contributed by atoms with van der Waals surface area (Å²) in [6, 6.07) is 7.81. The number of rotatable bonds is 3. The normalized spacial score (nSPS) is 19.6. The molecule has 0 bridgehead atoms. The monoisotopic (exact) mass is 238 g/mol. The van der Waals surface area contributed by atoms with E-state index < -0.39 is 0 Å². The maximum absolute atomic E-state index is 10.2. The molecule has 1 aromatic rings. The number of aliphatic hydroxyl groups excluding tert-OH is 1. The Morgan fingerprint density at radius 2 is 2.00 bits per heavy atom. The number of hydrogen-bond acceptors (Lipinski definition) is 1. The second kappa shape index (κ2) is 5.70. The van der Waals surface area contributed by atoms with E-state index in [0.29, 0.717) is 5.92 Å². The van der Waals surface area contributed by atoms with Gasteiger partial charge in [0.05, 0.1) is 6.10 Å². The predicted molar refractivity (Wildman–Crippen MR) is 67.7 cm³/mol. The topological polar surface area (TPSA) is 20.2 Å². The molecule has 1 N–H and O–H groups in total. The fourth-order valence-corrected chi connectivity index (χ4v) is 2.80. The third kappa shape index (κ3) is 3.23. The van der Waals surface area contributed by atoms with Crippen LogP contribution in [0.15, 0.2) is 24.3 Å². The van der Waals surface area contributed by atoms with Crippen molar-refractivity contribution in [1.82, 2.24) is 0 Å². The van der Waals surface area contributed by atoms with Crippen LogP contribution < -0.4 is 0 Å². The van der Waals surface area contributed by atoms with Crippen LogP contribution in [0.2, 0.25) is 5.02 Å². The van der Waals surface area contributed by atoms with Gasteiger partial charge in [0.15, 0.2) is 0 Å². The number of halogens is 1. The first-order valence-corrected chi connectivity index (χ1v) is 6.56. The highest BCUT2D eigenvalue weighted by atomic mass is 35.5. The highest BCUT2D eigenvalue weighted by Gasteiger charge is 2.21. The minimum absolute atomic E-state index is 0.196. The van der Waals surface area contributed by atoms with Crippen LogP contribution >= 0.6 is 11.6 Å². The van der Waals surface area contributed by atoms with Crippen molar-refractivity contribution in [3.63, 3.8) is 0 Å². The zero-order valence-electron chi connectivity index (χ0n) is 9.53. The standard InChI is InChI=1S/C14H19ClO/c15-13-8-4-5-11(9-13)10-14(16)12-6-2-1-3-7-12/h4-5,8-9,12,14,16H,1-3,6-7,10H2. The quantitative estimate of drug-likeness (QED) is 0.849. The molecular formula is C14H19ClO. The molecule has 1 aliphatic carbocycles. The second-order valence-electron chi connectivity index (χ2n) is 4.80. The lowest BCUT2D eigenvalue weighted by Gasteiger charge is -2.26. The van der Waals surface area contributed by atoms with Gasteiger partial charge in [-0.05, 0) is 42.9 Å². The molecule has 1 fully saturated rings. The molecule has 1 saturated carbocycles. The average molecular weight is 239 g/mol. The SMILES string of the molecule is OC(Cc1cccc(Cl)c1)C1CCCCC1. The third-order valence-electron chi connectivity index (χ3n) is 3.53. The second-order valence-corrected chi connectivity index (χ2v) is 5.24. The van der Waals surface area contributed by atoms with Crippen LogP contribution in [0.3, 0.4) is 0 Å². The molecule has 0 spiro atoms. The van der Waals surface area contributed by atoms with E-state index in [9.17, 15) is 5.11 Å². The van der Waals surface area contributed by atoms with E-state index in [1.54, 1.807) is 0 Å². The third-order valence-corrected chi connectivity index (χ3v) is 3.76. The molecular weight excluding hydrogens is 220 g/mol. The fraction of sp³-hybridized carbons (Fsp3) is 0.571. The van der Waals surface area contributed by atoms with Gasteiger partial charge in [0, 0.05) is 5.02 Å². The number of benzene rings is 1. The summed E-state index contributed by atoms with van der Waals surface area (Å²) in [5, 5.41) is 10.9. The summed E-state index contributed by atoms with van der Waals surface area (Å²) in [5.41, 5.74) is 1.14. The van der Waals surface area contributed by atoms with Crippen LogP contribution in [0.4, 0.5) is 0 Å². The number of hydrogen-bond donors (Lipinski definition) is 1. The van der Waals surface area contributed by atoms with Crippen molar-refractivity contribution < 1.29 is 5.11 Å². The predicted octanol–water partition coefficient (Wildman–Crippen LogP) is 3.82. The van der Waals surface area contributed by atoms with Gasteiger partial charge in [-0.25, -0.2) is 0 Å². The maximum atomic E-state index is 10.2. The summed E-state index contributed by atoms with van der Waals surface area (Å²) in [7, 11) is 0. The lowest BCUT2D eigenvalue weighted by Crippen LogP contribution is -2.24. The molecule has 0 amide bonds. The van der Waals surface area contributed by atoms with Crippen LogP contribution in [0.25, 0.3) is 0 Å². The zero-order chi connectivity index (χ0) is 11.4. The van der Waals surface area contributed by atoms with Gasteiger partial charge in [-0.15, -0.1) is 0 Å². The summed E-state index contributed by atoms with van der Waals surface area (Å²) >= 11 is 5.93. The van der Waals surface area contributed by atoms with Gasteiger partial charge in [0.1, 0.15) is 0 Å². The maximum Gasteiger partial charge on any atom is 0.0608 e. The van der Waals surface area contributed by atoms with E-state index in [0.717, 1.165) is 17.0 Å². The molecule has 0 aromatic heterocycles. The van der Waals surface area contributed by atoms with Gasteiger partial charge in [-0.1, -0.05) is 43.0 Å². The van der Waals surface area contributed by atoms with Crippen molar-refractivity contribution in [1.29, 1.82) is 0 Å². The van der Waals surface area contributed by atoms with E-state index in [2.05, 4.69) is 0 Å². The highest BCUT2D eigenvalue weighted by Crippen LogP contribution is 2.28. The molecule has 1 atom stereocenters. The Morgan fingerprint density at radius 1 is 1.25 bits per heavy atom. The van der Waals surface area contributed by atoms with Crippen molar-refractivity contribution in [3.05, 3.63) is 34.9 Å². The van der Waals surface area contributed by atoms with Crippen molar-refractivity contribution in [3.8, 4) is 0 Å². The van der Waals surface area contributed by atoms with E-state index >= 15 is 0 Å². The van der Waals surface area contributed by atoms with Crippen LogP contribution in [0, 0.1) is 5.92 Å². The molecule has 1 aromatic carbocycles. The molecule has 1 unspecified atom stereocenters. The Bertz CT molecular complexity index is 331. The van der Waals surface area contributed by atoms with Gasteiger partial charge in [0.25, 0.3) is 0 Å². The summed E-state index contributed by atoms with van der Waals surface area (Å²) in [6.07, 6.45) is 6.79. The van der Waals surface area contributed by atoms with Crippen LogP contribution in [-0.2, 0) is 6.42 Å². The summed E-state index contributed by atoms with van der Waals surface area (Å²) in [6.45, 7) is 0. The first kappa shape index (κ1) is 11.9. The Balaban J connectivity index is 1.93. The fourth-order valence-electron chi connectivity index (χ4n) is 2.59. The molecule has 0 aliphatic heterocycles. The lowest BCUT2D eigenvalue weighted by molar-refractivity contribution is 0.0851. The van der Waals surface area contributed by atoms with E-state index in [-0.39, 0.29) is 6.10 Å². The van der Waals surface area contributed by atoms with Crippen LogP contribution in [0.5, 0.6) is 0 Å². The van der Waals surface area contributed by atoms with E-state index in [1.165, 1.54) is 32.1 Å². The van der Waals surface area contributed by atoms with E-state index in [1.807, 2.05) is 24.3 Å². The summed E-state index contributed by atoms with van der Waals surface area (Å²) < 4.78 is 0. The average Bonchev–Trinajstić information content (AvgIpc) is 2.30. The molecule has 2 heteroatoms. The van der Waals surface area contributed by atoms with Gasteiger partial charge in [-0.2, -0.15) is 0 Å². The van der Waals surface area contributed by atoms with Gasteiger partial charge in [-0.3, -0.25) is 0 Å². The van der Waals surface area contributed by atoms with Gasteiger partial charge in [0.2, 0.25) is 0 Å². The minimum Gasteiger partial charge on any atom is -0.392 e. The molecule has 0 heterocycles. The molecule has 1 nitrogen and oxygen atoms in total. The first-order valence-electron chi connectivity index (χ1n) is 6.18. The van der Waals surface area contributed by atoms with Crippen molar-refractivity contribution in [2.45, 2.75) is 44.6 Å². The first-order chi connectivity index (χ1) is 7.75. The smallest absolute Gasteiger partial charge is 0.0608 e. The molecule has 0 saturated heterocycles. The van der Waals surface area contributed by atoms with E-state index in [4.69, 9.17) is 11.6 Å². The molecule has 0 radical (unpaired) electrons. The Hall–Kier alpha value is -0.530. The summed E-state index contributed by atoms with van der Waals surface area (Å²) in [4.78, 5) is 0. The zero-order valence-corrected chi connectivity index (χ0v) is 10.3. The molecule has 1 aliphatic rings. The largest absolute Gasteiger partial charge is 0.392 e. The lowest BCUT2D eigenvalue weighted by atomic mass is 9.83. The summed E-state index contributed by atoms with van der Waals surface area (Å²) in [5.74, 6) is 0.493. The number of aliphatic hydroxyl groups is 1. The Labute approximate surface area is 102 Å². The van der Waals surface area contributed by atoms with Crippen molar-refractivity contribution in [2.75, 3.05) is 0 Å². The molecule has 2 rings (SSSR count). The Kier molecular flexibility index (Phi) is 4.25.